The zero-order valence-corrected chi connectivity index (χ0v) is 16.6. The van der Waals surface area contributed by atoms with E-state index in [1.165, 1.54) is 16.9 Å². The van der Waals surface area contributed by atoms with E-state index in [1.54, 1.807) is 12.1 Å². The summed E-state index contributed by atoms with van der Waals surface area (Å²) in [6.45, 7) is 5.97. The summed E-state index contributed by atoms with van der Waals surface area (Å²) in [5.74, 6) is -0.241. The van der Waals surface area contributed by atoms with Crippen molar-refractivity contribution in [1.82, 2.24) is 4.57 Å². The fourth-order valence-electron chi connectivity index (χ4n) is 2.55. The third-order valence-electron chi connectivity index (χ3n) is 3.77. The average Bonchev–Trinajstić information content (AvgIpc) is 2.91. The third-order valence-corrected chi connectivity index (χ3v) is 5.30. The lowest BCUT2D eigenvalue weighted by Gasteiger charge is -2.05. The molecule has 25 heavy (non-hydrogen) atoms. The van der Waals surface area contributed by atoms with Crippen LogP contribution in [-0.2, 0) is 11.3 Å². The first kappa shape index (κ1) is 18.0. The van der Waals surface area contributed by atoms with Gasteiger partial charge in [0.25, 0.3) is 5.91 Å². The fraction of sp³-hybridized carbons (Fsp3) is 0.263. The Morgan fingerprint density at radius 2 is 2.12 bits per heavy atom. The number of nitrogens with zero attached hydrogens (tertiary/aromatic N) is 2. The quantitative estimate of drug-likeness (QED) is 0.570. The van der Waals surface area contributed by atoms with Crippen molar-refractivity contribution in [2.24, 2.45) is 4.99 Å². The SMILES string of the molecule is CCOCCn1c(=NC(=O)c2cccc(Br)c2)sc2cc(C)ccc21. The second kappa shape index (κ2) is 8.08. The number of aromatic nitrogens is 1. The van der Waals surface area contributed by atoms with E-state index in [0.717, 1.165) is 14.7 Å². The lowest BCUT2D eigenvalue weighted by atomic mass is 10.2. The van der Waals surface area contributed by atoms with Crippen molar-refractivity contribution in [3.63, 3.8) is 0 Å². The Bertz CT molecular complexity index is 975. The first-order valence-corrected chi connectivity index (χ1v) is 9.72. The summed E-state index contributed by atoms with van der Waals surface area (Å²) in [6.07, 6.45) is 0. The van der Waals surface area contributed by atoms with Crippen LogP contribution in [0.2, 0.25) is 0 Å². The number of fused-ring (bicyclic) bond motifs is 1. The summed E-state index contributed by atoms with van der Waals surface area (Å²) in [7, 11) is 0. The van der Waals surface area contributed by atoms with Crippen LogP contribution in [0.4, 0.5) is 0 Å². The molecule has 1 heterocycles. The Morgan fingerprint density at radius 3 is 2.88 bits per heavy atom. The van der Waals surface area contributed by atoms with Crippen LogP contribution in [0.15, 0.2) is 51.9 Å². The molecule has 0 bridgehead atoms. The largest absolute Gasteiger partial charge is 0.380 e. The Kier molecular flexibility index (Phi) is 5.83. The molecule has 0 spiro atoms. The van der Waals surface area contributed by atoms with Crippen LogP contribution in [0.3, 0.4) is 0 Å². The van der Waals surface area contributed by atoms with Gasteiger partial charge in [-0.2, -0.15) is 4.99 Å². The summed E-state index contributed by atoms with van der Waals surface area (Å²) in [4.78, 5) is 17.6. The maximum Gasteiger partial charge on any atom is 0.279 e. The van der Waals surface area contributed by atoms with Gasteiger partial charge in [0, 0.05) is 23.2 Å². The van der Waals surface area contributed by atoms with E-state index < -0.39 is 0 Å². The number of aryl methyl sites for hydroxylation is 1. The van der Waals surface area contributed by atoms with Crippen LogP contribution in [0.5, 0.6) is 0 Å². The van der Waals surface area contributed by atoms with Crippen molar-refractivity contribution < 1.29 is 9.53 Å². The Balaban J connectivity index is 2.06. The molecule has 0 saturated carbocycles. The third kappa shape index (κ3) is 4.26. The predicted molar refractivity (Wildman–Crippen MR) is 105 cm³/mol. The van der Waals surface area contributed by atoms with Gasteiger partial charge in [-0.3, -0.25) is 4.79 Å². The molecule has 0 aliphatic rings. The van der Waals surface area contributed by atoms with Crippen molar-refractivity contribution in [2.45, 2.75) is 20.4 Å². The lowest BCUT2D eigenvalue weighted by molar-refractivity contribution is 0.0996. The van der Waals surface area contributed by atoms with Gasteiger partial charge < -0.3 is 9.30 Å². The van der Waals surface area contributed by atoms with E-state index >= 15 is 0 Å². The highest BCUT2D eigenvalue weighted by atomic mass is 79.9. The number of ether oxygens (including phenoxy) is 1. The monoisotopic (exact) mass is 418 g/mol. The molecule has 0 saturated heterocycles. The molecule has 3 aromatic rings. The minimum atomic E-state index is -0.241. The van der Waals surface area contributed by atoms with Gasteiger partial charge in [0.2, 0.25) is 0 Å². The van der Waals surface area contributed by atoms with Gasteiger partial charge in [0.1, 0.15) is 0 Å². The molecule has 6 heteroatoms. The minimum Gasteiger partial charge on any atom is -0.380 e. The molecule has 4 nitrogen and oxygen atoms in total. The molecule has 3 rings (SSSR count). The Morgan fingerprint density at radius 1 is 1.28 bits per heavy atom. The minimum absolute atomic E-state index is 0.241. The van der Waals surface area contributed by atoms with Crippen LogP contribution in [0.1, 0.15) is 22.8 Å². The number of benzene rings is 2. The normalized spacial score (nSPS) is 12.0. The van der Waals surface area contributed by atoms with E-state index in [0.29, 0.717) is 30.1 Å². The number of thiazole rings is 1. The maximum atomic E-state index is 12.6. The van der Waals surface area contributed by atoms with Gasteiger partial charge in [-0.05, 0) is 49.7 Å². The number of rotatable bonds is 5. The highest BCUT2D eigenvalue weighted by Gasteiger charge is 2.10. The summed E-state index contributed by atoms with van der Waals surface area (Å²) < 4.78 is 9.54. The van der Waals surface area contributed by atoms with E-state index in [1.807, 2.05) is 19.1 Å². The molecular weight excluding hydrogens is 400 g/mol. The van der Waals surface area contributed by atoms with Gasteiger partial charge in [-0.15, -0.1) is 0 Å². The van der Waals surface area contributed by atoms with Gasteiger partial charge in [-0.25, -0.2) is 0 Å². The fourth-order valence-corrected chi connectivity index (χ4v) is 4.11. The summed E-state index contributed by atoms with van der Waals surface area (Å²) >= 11 is 4.93. The zero-order chi connectivity index (χ0) is 17.8. The van der Waals surface area contributed by atoms with E-state index in [4.69, 9.17) is 4.74 Å². The molecular formula is C19H19BrN2O2S. The molecule has 130 valence electrons. The van der Waals surface area contributed by atoms with Gasteiger partial charge in [0.05, 0.1) is 16.8 Å². The summed E-state index contributed by atoms with van der Waals surface area (Å²) in [5, 5.41) is 0. The molecule has 0 atom stereocenters. The second-order valence-corrected chi connectivity index (χ2v) is 7.56. The first-order valence-electron chi connectivity index (χ1n) is 8.11. The molecule has 0 aliphatic heterocycles. The number of carbonyl (C=O) groups is 1. The predicted octanol–water partition coefficient (Wildman–Crippen LogP) is 4.55. The van der Waals surface area contributed by atoms with Crippen LogP contribution < -0.4 is 4.80 Å². The number of amides is 1. The van der Waals surface area contributed by atoms with Crippen molar-refractivity contribution in [3.8, 4) is 0 Å². The van der Waals surface area contributed by atoms with Gasteiger partial charge in [0.15, 0.2) is 4.80 Å². The van der Waals surface area contributed by atoms with Crippen LogP contribution in [0, 0.1) is 6.92 Å². The highest BCUT2D eigenvalue weighted by Crippen LogP contribution is 2.19. The first-order chi connectivity index (χ1) is 12.1. The Labute approximate surface area is 158 Å². The molecule has 0 radical (unpaired) electrons. The van der Waals surface area contributed by atoms with Crippen molar-refractivity contribution >= 4 is 43.4 Å². The molecule has 1 aromatic heterocycles. The molecule has 2 aromatic carbocycles. The standard InChI is InChI=1S/C19H19BrN2O2S/c1-3-24-10-9-22-16-8-7-13(2)11-17(16)25-19(22)21-18(23)14-5-4-6-15(20)12-14/h4-8,11-12H,3,9-10H2,1-2H3. The van der Waals surface area contributed by atoms with Gasteiger partial charge >= 0.3 is 0 Å². The van der Waals surface area contributed by atoms with Crippen LogP contribution in [-0.4, -0.2) is 23.7 Å². The van der Waals surface area contributed by atoms with E-state index in [-0.39, 0.29) is 5.91 Å². The van der Waals surface area contributed by atoms with Crippen molar-refractivity contribution in [3.05, 3.63) is 62.9 Å². The summed E-state index contributed by atoms with van der Waals surface area (Å²) in [5.41, 5.74) is 2.84. The Hall–Kier alpha value is -1.76. The maximum absolute atomic E-state index is 12.6. The number of halogens is 1. The molecule has 0 fully saturated rings. The number of hydrogen-bond acceptors (Lipinski definition) is 3. The molecule has 0 unspecified atom stereocenters. The topological polar surface area (TPSA) is 43.6 Å². The number of carbonyl (C=O) groups excluding carboxylic acids is 1. The van der Waals surface area contributed by atoms with E-state index in [2.05, 4.69) is 50.6 Å². The molecule has 0 N–H and O–H groups in total. The smallest absolute Gasteiger partial charge is 0.279 e. The molecule has 0 aliphatic carbocycles. The lowest BCUT2D eigenvalue weighted by Crippen LogP contribution is -2.19. The van der Waals surface area contributed by atoms with Crippen molar-refractivity contribution in [1.29, 1.82) is 0 Å². The van der Waals surface area contributed by atoms with E-state index in [9.17, 15) is 4.79 Å². The molecule has 1 amide bonds. The zero-order valence-electron chi connectivity index (χ0n) is 14.2. The highest BCUT2D eigenvalue weighted by molar-refractivity contribution is 9.10. The second-order valence-electron chi connectivity index (χ2n) is 5.63. The van der Waals surface area contributed by atoms with Gasteiger partial charge in [-0.1, -0.05) is 39.4 Å². The number of hydrogen-bond donors (Lipinski definition) is 0. The average molecular weight is 419 g/mol. The van der Waals surface area contributed by atoms with Crippen LogP contribution >= 0.6 is 27.3 Å². The van der Waals surface area contributed by atoms with Crippen LogP contribution in [0.25, 0.3) is 10.2 Å². The van der Waals surface area contributed by atoms with Crippen molar-refractivity contribution in [2.75, 3.05) is 13.2 Å². The summed E-state index contributed by atoms with van der Waals surface area (Å²) in [6, 6.07) is 13.6.